The lowest BCUT2D eigenvalue weighted by Gasteiger charge is -2.13. The second-order valence-electron chi connectivity index (χ2n) is 4.85. The van der Waals surface area contributed by atoms with E-state index in [1.165, 1.54) is 0 Å². The number of amides is 1. The van der Waals surface area contributed by atoms with Gasteiger partial charge in [-0.2, -0.15) is 0 Å². The van der Waals surface area contributed by atoms with Gasteiger partial charge in [0.2, 0.25) is 0 Å². The fourth-order valence-corrected chi connectivity index (χ4v) is 1.99. The predicted octanol–water partition coefficient (Wildman–Crippen LogP) is 3.30. The van der Waals surface area contributed by atoms with Gasteiger partial charge in [-0.3, -0.25) is 4.79 Å². The molecule has 1 aromatic heterocycles. The Kier molecular flexibility index (Phi) is 9.07. The minimum Gasteiger partial charge on any atom is -0.347 e. The Balaban J connectivity index is 2.55. The largest absolute Gasteiger partial charge is 0.347 e. The van der Waals surface area contributed by atoms with Crippen LogP contribution < -0.4 is 16.0 Å². The van der Waals surface area contributed by atoms with Crippen LogP contribution in [0.2, 0.25) is 0 Å². The highest BCUT2D eigenvalue weighted by atomic mass is 32.1. The van der Waals surface area contributed by atoms with Crippen molar-refractivity contribution in [3.05, 3.63) is 60.0 Å². The number of hydrogen-bond acceptors (Lipinski definition) is 3. The third-order valence-electron chi connectivity index (χ3n) is 3.08. The van der Waals surface area contributed by atoms with E-state index in [2.05, 4.69) is 33.9 Å². The molecule has 1 aromatic rings. The minimum atomic E-state index is -0.216. The summed E-state index contributed by atoms with van der Waals surface area (Å²) in [5.74, 6) is 0.402. The molecule has 3 N–H and O–H groups in total. The van der Waals surface area contributed by atoms with Crippen molar-refractivity contribution in [3.63, 3.8) is 0 Å². The Morgan fingerprint density at radius 1 is 1.29 bits per heavy atom. The lowest BCUT2D eigenvalue weighted by molar-refractivity contribution is -0.117. The van der Waals surface area contributed by atoms with E-state index >= 15 is 0 Å². The highest BCUT2D eigenvalue weighted by Crippen LogP contribution is 2.01. The maximum atomic E-state index is 12.3. The van der Waals surface area contributed by atoms with Gasteiger partial charge in [0.1, 0.15) is 11.5 Å². The monoisotopic (exact) mass is 344 g/mol. The first-order valence-corrected chi connectivity index (χ1v) is 8.26. The molecular weight excluding hydrogens is 320 g/mol. The van der Waals surface area contributed by atoms with E-state index in [9.17, 15) is 4.79 Å². The number of aromatic nitrogens is 1. The second-order valence-corrected chi connectivity index (χ2v) is 5.26. The van der Waals surface area contributed by atoms with Crippen molar-refractivity contribution in [1.29, 1.82) is 0 Å². The standard InChI is InChI=1S/C18H24N4OS/c1-4-7-10-14(5-2)13-20-17(23)15(6-3)21-18(24)22-16-11-8-9-12-19-16/h5-12H,4,13H2,1-3H3,(H,20,23)(H2,19,21,22,24)/b10-7-,14-5+,15-6-. The molecule has 0 spiro atoms. The Morgan fingerprint density at radius 3 is 2.67 bits per heavy atom. The summed E-state index contributed by atoms with van der Waals surface area (Å²) in [6.45, 7) is 6.26. The van der Waals surface area contributed by atoms with Gasteiger partial charge < -0.3 is 16.0 Å². The summed E-state index contributed by atoms with van der Waals surface area (Å²) in [4.78, 5) is 16.4. The van der Waals surface area contributed by atoms with Crippen LogP contribution >= 0.6 is 12.2 Å². The first-order valence-electron chi connectivity index (χ1n) is 7.86. The van der Waals surface area contributed by atoms with E-state index in [4.69, 9.17) is 12.2 Å². The molecule has 1 heterocycles. The molecule has 5 nitrogen and oxygen atoms in total. The molecule has 128 valence electrons. The lowest BCUT2D eigenvalue weighted by Crippen LogP contribution is -2.37. The average molecular weight is 344 g/mol. The smallest absolute Gasteiger partial charge is 0.267 e. The van der Waals surface area contributed by atoms with E-state index in [0.717, 1.165) is 12.0 Å². The molecule has 0 atom stereocenters. The molecule has 6 heteroatoms. The lowest BCUT2D eigenvalue weighted by atomic mass is 10.2. The SMILES string of the molecule is C/C=C(\NC(=S)Nc1ccccn1)C(=O)NCC(/C=C\CC)=C/C. The fraction of sp³-hybridized carbons (Fsp3) is 0.278. The summed E-state index contributed by atoms with van der Waals surface area (Å²) in [7, 11) is 0. The first-order chi connectivity index (χ1) is 11.6. The zero-order chi connectivity index (χ0) is 17.8. The molecule has 0 aliphatic carbocycles. The number of allylic oxidation sites excluding steroid dienone is 3. The zero-order valence-electron chi connectivity index (χ0n) is 14.3. The van der Waals surface area contributed by atoms with Crippen LogP contribution in [0.4, 0.5) is 5.82 Å². The van der Waals surface area contributed by atoms with Crippen LogP contribution in [0.5, 0.6) is 0 Å². The van der Waals surface area contributed by atoms with Gasteiger partial charge in [-0.15, -0.1) is 0 Å². The van der Waals surface area contributed by atoms with Crippen LogP contribution in [0.1, 0.15) is 27.2 Å². The number of thiocarbonyl (C=S) groups is 1. The van der Waals surface area contributed by atoms with Gasteiger partial charge >= 0.3 is 0 Å². The Hall–Kier alpha value is -2.47. The number of nitrogens with zero attached hydrogens (tertiary/aromatic N) is 1. The van der Waals surface area contributed by atoms with Crippen LogP contribution in [-0.2, 0) is 4.79 Å². The highest BCUT2D eigenvalue weighted by Gasteiger charge is 2.10. The van der Waals surface area contributed by atoms with Gasteiger partial charge in [0.25, 0.3) is 5.91 Å². The van der Waals surface area contributed by atoms with E-state index in [0.29, 0.717) is 23.2 Å². The molecule has 0 aromatic carbocycles. The third kappa shape index (κ3) is 7.19. The average Bonchev–Trinajstić information content (AvgIpc) is 2.60. The van der Waals surface area contributed by atoms with Crippen LogP contribution in [0, 0.1) is 0 Å². The van der Waals surface area contributed by atoms with Crippen molar-refractivity contribution in [3.8, 4) is 0 Å². The van der Waals surface area contributed by atoms with Gasteiger partial charge in [-0.25, -0.2) is 4.98 Å². The number of pyridine rings is 1. The Morgan fingerprint density at radius 2 is 2.08 bits per heavy atom. The van der Waals surface area contributed by atoms with Crippen molar-refractivity contribution < 1.29 is 4.79 Å². The van der Waals surface area contributed by atoms with Gasteiger partial charge in [0.15, 0.2) is 5.11 Å². The summed E-state index contributed by atoms with van der Waals surface area (Å²) >= 11 is 5.21. The molecule has 0 aliphatic heterocycles. The highest BCUT2D eigenvalue weighted by molar-refractivity contribution is 7.80. The van der Waals surface area contributed by atoms with Crippen LogP contribution in [0.25, 0.3) is 0 Å². The quantitative estimate of drug-likeness (QED) is 0.402. The topological polar surface area (TPSA) is 66.0 Å². The molecule has 0 saturated carbocycles. The molecule has 0 unspecified atom stereocenters. The predicted molar refractivity (Wildman–Crippen MR) is 104 cm³/mol. The van der Waals surface area contributed by atoms with Crippen LogP contribution in [0.3, 0.4) is 0 Å². The van der Waals surface area contributed by atoms with E-state index in [1.54, 1.807) is 25.3 Å². The van der Waals surface area contributed by atoms with E-state index in [-0.39, 0.29) is 5.91 Å². The summed E-state index contributed by atoms with van der Waals surface area (Å²) in [6.07, 6.45) is 10.3. The molecule has 0 radical (unpaired) electrons. The molecule has 0 bridgehead atoms. The minimum absolute atomic E-state index is 0.216. The van der Waals surface area contributed by atoms with Gasteiger partial charge in [0, 0.05) is 12.7 Å². The second kappa shape index (κ2) is 11.1. The number of anilines is 1. The van der Waals surface area contributed by atoms with Crippen molar-refractivity contribution in [2.75, 3.05) is 11.9 Å². The number of hydrogen-bond donors (Lipinski definition) is 3. The number of nitrogens with one attached hydrogen (secondary N) is 3. The van der Waals surface area contributed by atoms with Crippen LogP contribution in [0.15, 0.2) is 60.0 Å². The summed E-state index contributed by atoms with van der Waals surface area (Å²) in [5.41, 5.74) is 1.44. The van der Waals surface area contributed by atoms with Crippen molar-refractivity contribution in [1.82, 2.24) is 15.6 Å². The molecule has 24 heavy (non-hydrogen) atoms. The van der Waals surface area contributed by atoms with Crippen molar-refractivity contribution in [2.24, 2.45) is 0 Å². The molecule has 1 rings (SSSR count). The zero-order valence-corrected chi connectivity index (χ0v) is 15.1. The first kappa shape index (κ1) is 19.6. The Bertz CT molecular complexity index is 636. The molecule has 0 saturated heterocycles. The van der Waals surface area contributed by atoms with E-state index in [1.807, 2.05) is 31.2 Å². The maximum Gasteiger partial charge on any atom is 0.267 e. The van der Waals surface area contributed by atoms with Gasteiger partial charge in [0.05, 0.1) is 0 Å². The normalized spacial score (nSPS) is 12.1. The van der Waals surface area contributed by atoms with Gasteiger partial charge in [-0.05, 0) is 50.2 Å². The van der Waals surface area contributed by atoms with E-state index < -0.39 is 0 Å². The maximum absolute atomic E-state index is 12.3. The Labute approximate surface area is 148 Å². The molecular formula is C18H24N4OS. The van der Waals surface area contributed by atoms with Gasteiger partial charge in [-0.1, -0.05) is 37.3 Å². The van der Waals surface area contributed by atoms with Crippen molar-refractivity contribution in [2.45, 2.75) is 27.2 Å². The number of rotatable bonds is 7. The molecule has 0 aliphatic rings. The molecule has 1 amide bonds. The summed E-state index contributed by atoms with van der Waals surface area (Å²) in [5, 5.41) is 9.01. The summed E-state index contributed by atoms with van der Waals surface area (Å²) in [6, 6.07) is 5.46. The fourth-order valence-electron chi connectivity index (χ4n) is 1.77. The number of carbonyl (C=O) groups is 1. The summed E-state index contributed by atoms with van der Waals surface area (Å²) < 4.78 is 0. The number of carbonyl (C=O) groups excluding carboxylic acids is 1. The molecule has 0 fully saturated rings. The third-order valence-corrected chi connectivity index (χ3v) is 3.28. The van der Waals surface area contributed by atoms with Crippen LogP contribution in [-0.4, -0.2) is 22.5 Å². The van der Waals surface area contributed by atoms with Crippen molar-refractivity contribution >= 4 is 29.1 Å².